The number of ether oxygens (including phenoxy) is 2. The van der Waals surface area contributed by atoms with Crippen molar-refractivity contribution in [2.45, 2.75) is 32.8 Å². The maximum absolute atomic E-state index is 13.4. The summed E-state index contributed by atoms with van der Waals surface area (Å²) in [5, 5.41) is 5.05. The summed E-state index contributed by atoms with van der Waals surface area (Å²) in [6.45, 7) is 6.40. The van der Waals surface area contributed by atoms with E-state index in [2.05, 4.69) is 52.9 Å². The van der Waals surface area contributed by atoms with Gasteiger partial charge < -0.3 is 9.47 Å². The van der Waals surface area contributed by atoms with Crippen LogP contribution in [0.4, 0.5) is 0 Å². The number of rotatable bonds is 6. The Morgan fingerprint density at radius 1 is 0.972 bits per heavy atom. The molecule has 1 heterocycles. The van der Waals surface area contributed by atoms with Gasteiger partial charge in [0.2, 0.25) is 0 Å². The first-order chi connectivity index (χ1) is 17.1. The van der Waals surface area contributed by atoms with E-state index in [1.165, 1.54) is 4.68 Å². The fourth-order valence-electron chi connectivity index (χ4n) is 3.53. The molecule has 0 aliphatic rings. The molecule has 0 aliphatic heterocycles. The highest BCUT2D eigenvalue weighted by Crippen LogP contribution is 2.34. The number of methoxy groups -OCH3 is 1. The molecule has 0 spiro atoms. The summed E-state index contributed by atoms with van der Waals surface area (Å²) in [5.74, 6) is 1.71. The summed E-state index contributed by atoms with van der Waals surface area (Å²) in [7, 11) is 1.59. The molecule has 0 N–H and O–H groups in total. The lowest BCUT2D eigenvalue weighted by Gasteiger charge is -2.21. The van der Waals surface area contributed by atoms with Crippen molar-refractivity contribution in [3.05, 3.63) is 95.3 Å². The molecule has 0 bridgehead atoms. The van der Waals surface area contributed by atoms with Gasteiger partial charge in [-0.2, -0.15) is 9.78 Å². The number of hydrogen-bond donors (Lipinski definition) is 0. The maximum atomic E-state index is 13.4. The predicted molar refractivity (Wildman–Crippen MR) is 155 cm³/mol. The van der Waals surface area contributed by atoms with Gasteiger partial charge in [-0.05, 0) is 64.0 Å². The first-order valence-corrected chi connectivity index (χ1v) is 13.5. The van der Waals surface area contributed by atoms with Gasteiger partial charge in [0.1, 0.15) is 12.4 Å². The lowest BCUT2D eigenvalue weighted by atomic mass is 9.95. The number of halogens is 3. The van der Waals surface area contributed by atoms with Gasteiger partial charge in [-0.15, -0.1) is 0 Å². The maximum Gasteiger partial charge on any atom is 0.282 e. The van der Waals surface area contributed by atoms with Crippen molar-refractivity contribution in [1.29, 1.82) is 0 Å². The van der Waals surface area contributed by atoms with Gasteiger partial charge in [-0.1, -0.05) is 64.8 Å². The van der Waals surface area contributed by atoms with Crippen LogP contribution in [-0.2, 0) is 12.0 Å². The molecular formula is C27H24Br3N3O3. The van der Waals surface area contributed by atoms with E-state index in [1.54, 1.807) is 19.4 Å². The molecule has 3 aromatic carbocycles. The second-order valence-electron chi connectivity index (χ2n) is 9.15. The van der Waals surface area contributed by atoms with E-state index in [4.69, 9.17) is 14.5 Å². The second kappa shape index (κ2) is 10.9. The Kier molecular flexibility index (Phi) is 8.02. The Bertz CT molecular complexity index is 1510. The van der Waals surface area contributed by atoms with Crippen LogP contribution in [0.3, 0.4) is 0 Å². The molecule has 1 aromatic heterocycles. The number of hydrogen-bond acceptors (Lipinski definition) is 5. The highest BCUT2D eigenvalue weighted by Gasteiger charge is 2.23. The minimum Gasteiger partial charge on any atom is -0.493 e. The summed E-state index contributed by atoms with van der Waals surface area (Å²) in [6, 6.07) is 17.1. The molecule has 0 aliphatic carbocycles. The predicted octanol–water partition coefficient (Wildman–Crippen LogP) is 7.45. The molecule has 0 unspecified atom stereocenters. The molecule has 0 saturated carbocycles. The Labute approximate surface area is 234 Å². The highest BCUT2D eigenvalue weighted by atomic mass is 79.9. The second-order valence-corrected chi connectivity index (χ2v) is 11.8. The smallest absolute Gasteiger partial charge is 0.282 e. The summed E-state index contributed by atoms with van der Waals surface area (Å²) >= 11 is 10.5. The number of fused-ring (bicyclic) bond motifs is 1. The zero-order valence-electron chi connectivity index (χ0n) is 20.2. The Morgan fingerprint density at radius 2 is 1.67 bits per heavy atom. The third-order valence-corrected chi connectivity index (χ3v) is 7.09. The van der Waals surface area contributed by atoms with E-state index in [0.29, 0.717) is 34.8 Å². The third-order valence-electron chi connectivity index (χ3n) is 5.38. The topological polar surface area (TPSA) is 65.7 Å². The molecule has 0 fully saturated rings. The van der Waals surface area contributed by atoms with Crippen LogP contribution in [0.1, 0.15) is 37.7 Å². The van der Waals surface area contributed by atoms with Crippen LogP contribution < -0.4 is 15.0 Å². The van der Waals surface area contributed by atoms with E-state index in [0.717, 1.165) is 24.5 Å². The fourth-order valence-corrected chi connectivity index (χ4v) is 4.58. The highest BCUT2D eigenvalue weighted by molar-refractivity contribution is 9.11. The SMILES string of the molecule is COc1cc(C=Nn2c(C(C)(C)C)nc3ccc(Br)cc3c2=O)c(Br)cc1OCc1ccc(Br)cc1. The van der Waals surface area contributed by atoms with Crippen molar-refractivity contribution in [2.24, 2.45) is 5.10 Å². The summed E-state index contributed by atoms with van der Waals surface area (Å²) in [5.41, 5.74) is 1.75. The fraction of sp³-hybridized carbons (Fsp3) is 0.222. The van der Waals surface area contributed by atoms with Crippen LogP contribution in [0.25, 0.3) is 10.9 Å². The minimum atomic E-state index is -0.405. The quantitative estimate of drug-likeness (QED) is 0.199. The van der Waals surface area contributed by atoms with Crippen LogP contribution in [0.5, 0.6) is 11.5 Å². The molecule has 4 rings (SSSR count). The van der Waals surface area contributed by atoms with Crippen LogP contribution in [0.15, 0.2) is 77.9 Å². The van der Waals surface area contributed by atoms with Crippen LogP contribution in [0, 0.1) is 0 Å². The van der Waals surface area contributed by atoms with Crippen LogP contribution >= 0.6 is 47.8 Å². The normalized spacial score (nSPS) is 11.9. The monoisotopic (exact) mass is 675 g/mol. The van der Waals surface area contributed by atoms with E-state index < -0.39 is 5.41 Å². The molecule has 0 saturated heterocycles. The standard InChI is InChI=1S/C27H24Br3N3O3/c1-27(2,3)26-32-22-10-9-19(29)12-20(22)25(34)33(26)31-14-17-11-23(35-4)24(13-21(17)30)36-15-16-5-7-18(28)8-6-16/h5-14H,15H2,1-4H3. The van der Waals surface area contributed by atoms with Gasteiger partial charge >= 0.3 is 0 Å². The molecule has 186 valence electrons. The average molecular weight is 678 g/mol. The molecule has 36 heavy (non-hydrogen) atoms. The Balaban J connectivity index is 1.71. The molecule has 9 heteroatoms. The first-order valence-electron chi connectivity index (χ1n) is 11.1. The average Bonchev–Trinajstić information content (AvgIpc) is 2.83. The van der Waals surface area contributed by atoms with Gasteiger partial charge in [0.05, 0.1) is 24.2 Å². The van der Waals surface area contributed by atoms with Crippen LogP contribution in [0.2, 0.25) is 0 Å². The molecule has 0 radical (unpaired) electrons. The van der Waals surface area contributed by atoms with Crippen LogP contribution in [-0.4, -0.2) is 23.0 Å². The molecule has 0 atom stereocenters. The van der Waals surface area contributed by atoms with E-state index in [1.807, 2.05) is 69.3 Å². The Morgan fingerprint density at radius 3 is 2.33 bits per heavy atom. The number of nitrogens with zero attached hydrogens (tertiary/aromatic N) is 3. The van der Waals surface area contributed by atoms with Gasteiger partial charge in [-0.25, -0.2) is 4.98 Å². The number of benzene rings is 3. The summed E-state index contributed by atoms with van der Waals surface area (Å²) in [6.07, 6.45) is 1.62. The van der Waals surface area contributed by atoms with Gasteiger partial charge in [0.15, 0.2) is 11.5 Å². The molecule has 4 aromatic rings. The van der Waals surface area contributed by atoms with Crippen molar-refractivity contribution in [2.75, 3.05) is 7.11 Å². The zero-order chi connectivity index (χ0) is 26.0. The largest absolute Gasteiger partial charge is 0.493 e. The summed E-state index contributed by atoms with van der Waals surface area (Å²) < 4.78 is 15.5. The Hall–Kier alpha value is -2.49. The van der Waals surface area contributed by atoms with Crippen molar-refractivity contribution in [3.63, 3.8) is 0 Å². The van der Waals surface area contributed by atoms with E-state index in [-0.39, 0.29) is 5.56 Å². The first kappa shape index (κ1) is 26.6. The van der Waals surface area contributed by atoms with E-state index in [9.17, 15) is 4.79 Å². The van der Waals surface area contributed by atoms with Gasteiger partial charge in [0.25, 0.3) is 5.56 Å². The van der Waals surface area contributed by atoms with Crippen molar-refractivity contribution >= 4 is 64.9 Å². The zero-order valence-corrected chi connectivity index (χ0v) is 24.9. The lowest BCUT2D eigenvalue weighted by molar-refractivity contribution is 0.284. The van der Waals surface area contributed by atoms with Crippen molar-refractivity contribution in [1.82, 2.24) is 9.66 Å². The molecule has 6 nitrogen and oxygen atoms in total. The van der Waals surface area contributed by atoms with E-state index >= 15 is 0 Å². The lowest BCUT2D eigenvalue weighted by Crippen LogP contribution is -2.29. The molecule has 0 amide bonds. The molecular weight excluding hydrogens is 654 g/mol. The minimum absolute atomic E-state index is 0.236. The number of aromatic nitrogens is 2. The van der Waals surface area contributed by atoms with Gasteiger partial charge in [-0.3, -0.25) is 4.79 Å². The van der Waals surface area contributed by atoms with Crippen molar-refractivity contribution in [3.8, 4) is 11.5 Å². The van der Waals surface area contributed by atoms with Crippen molar-refractivity contribution < 1.29 is 9.47 Å². The van der Waals surface area contributed by atoms with Gasteiger partial charge in [0, 0.05) is 24.4 Å². The summed E-state index contributed by atoms with van der Waals surface area (Å²) in [4.78, 5) is 18.2. The third kappa shape index (κ3) is 5.90.